The van der Waals surface area contributed by atoms with Crippen LogP contribution >= 0.6 is 0 Å². The number of nitrogens with zero attached hydrogens (tertiary/aromatic N) is 3. The summed E-state index contributed by atoms with van der Waals surface area (Å²) < 4.78 is 0. The molecule has 0 radical (unpaired) electrons. The van der Waals surface area contributed by atoms with Gasteiger partial charge in [0.2, 0.25) is 0 Å². The zero-order valence-corrected chi connectivity index (χ0v) is 15.6. The molecule has 2 N–H and O–H groups in total. The lowest BCUT2D eigenvalue weighted by Gasteiger charge is -2.50. The molecule has 0 aromatic heterocycles. The van der Waals surface area contributed by atoms with Crippen LogP contribution in [-0.2, 0) is 0 Å². The van der Waals surface area contributed by atoms with Gasteiger partial charge in [-0.15, -0.1) is 0 Å². The predicted octanol–water partition coefficient (Wildman–Crippen LogP) is 2.18. The molecule has 7 heteroatoms. The molecule has 26 heavy (non-hydrogen) atoms. The lowest BCUT2D eigenvalue weighted by atomic mass is 9.81. The number of carboxylic acid groups (broad SMARTS) is 1. The van der Waals surface area contributed by atoms with E-state index in [2.05, 4.69) is 15.1 Å². The Bertz CT molecular complexity index is 527. The van der Waals surface area contributed by atoms with E-state index in [0.29, 0.717) is 37.1 Å². The van der Waals surface area contributed by atoms with Crippen molar-refractivity contribution in [2.24, 2.45) is 5.92 Å². The third-order valence-electron chi connectivity index (χ3n) is 7.12. The lowest BCUT2D eigenvalue weighted by Crippen LogP contribution is -2.63. The van der Waals surface area contributed by atoms with Gasteiger partial charge in [-0.05, 0) is 44.4 Å². The molecule has 0 aromatic rings. The number of nitrogens with one attached hydrogen (secondary N) is 1. The first-order valence-electron chi connectivity index (χ1n) is 10.4. The third-order valence-corrected chi connectivity index (χ3v) is 7.12. The number of amides is 3. The van der Waals surface area contributed by atoms with Crippen molar-refractivity contribution in [2.75, 3.05) is 32.7 Å². The van der Waals surface area contributed by atoms with Crippen LogP contribution in [0.25, 0.3) is 0 Å². The number of rotatable bonds is 2. The van der Waals surface area contributed by atoms with E-state index >= 15 is 0 Å². The molecule has 4 fully saturated rings. The Morgan fingerprint density at radius 2 is 1.58 bits per heavy atom. The van der Waals surface area contributed by atoms with Crippen molar-refractivity contribution >= 4 is 12.1 Å². The molecule has 0 unspecified atom stereocenters. The van der Waals surface area contributed by atoms with E-state index in [1.54, 1.807) is 0 Å². The number of carbonyl (C=O) groups is 2. The number of urea groups is 1. The second-order valence-electron chi connectivity index (χ2n) is 8.47. The Hall–Kier alpha value is -1.50. The van der Waals surface area contributed by atoms with Crippen molar-refractivity contribution < 1.29 is 14.7 Å². The molecule has 1 saturated carbocycles. The minimum Gasteiger partial charge on any atom is -0.465 e. The number of likely N-dealkylation sites (tertiary alicyclic amines) is 2. The van der Waals surface area contributed by atoms with Crippen LogP contribution in [0.15, 0.2) is 0 Å². The van der Waals surface area contributed by atoms with E-state index in [0.717, 1.165) is 45.3 Å². The standard InChI is InChI=1S/C19H32N4O3/c24-18-20-13-14-3-1-2-4-17(14)23(18)16-7-9-21(10-8-16)15-5-11-22(12-6-15)19(25)26/h14-17H,1-13H2,(H,20,24)(H,25,26)/t14-,17+/m1/s1. The zero-order valence-electron chi connectivity index (χ0n) is 15.6. The highest BCUT2D eigenvalue weighted by molar-refractivity contribution is 5.76. The fourth-order valence-corrected chi connectivity index (χ4v) is 5.64. The highest BCUT2D eigenvalue weighted by Gasteiger charge is 2.42. The topological polar surface area (TPSA) is 76.1 Å². The Labute approximate surface area is 155 Å². The summed E-state index contributed by atoms with van der Waals surface area (Å²) in [6, 6.07) is 1.48. The Morgan fingerprint density at radius 3 is 2.27 bits per heavy atom. The van der Waals surface area contributed by atoms with Gasteiger partial charge in [-0.3, -0.25) is 0 Å². The summed E-state index contributed by atoms with van der Waals surface area (Å²) in [5.41, 5.74) is 0. The van der Waals surface area contributed by atoms with Gasteiger partial charge in [0, 0.05) is 50.8 Å². The normalized spacial score (nSPS) is 32.2. The van der Waals surface area contributed by atoms with Crippen LogP contribution in [0.3, 0.4) is 0 Å². The summed E-state index contributed by atoms with van der Waals surface area (Å²) in [5.74, 6) is 0.639. The third kappa shape index (κ3) is 3.50. The van der Waals surface area contributed by atoms with Gasteiger partial charge >= 0.3 is 12.1 Å². The average Bonchev–Trinajstić information content (AvgIpc) is 2.68. The van der Waals surface area contributed by atoms with Gasteiger partial charge in [0.25, 0.3) is 0 Å². The van der Waals surface area contributed by atoms with Crippen molar-refractivity contribution in [3.63, 3.8) is 0 Å². The summed E-state index contributed by atoms with van der Waals surface area (Å²) in [5, 5.41) is 12.2. The minimum absolute atomic E-state index is 0.154. The van der Waals surface area contributed by atoms with Crippen LogP contribution in [0.5, 0.6) is 0 Å². The number of fused-ring (bicyclic) bond motifs is 1. The van der Waals surface area contributed by atoms with Gasteiger partial charge in [-0.25, -0.2) is 9.59 Å². The van der Waals surface area contributed by atoms with Crippen LogP contribution in [0.2, 0.25) is 0 Å². The van der Waals surface area contributed by atoms with Crippen molar-refractivity contribution in [1.82, 2.24) is 20.0 Å². The van der Waals surface area contributed by atoms with E-state index in [9.17, 15) is 9.59 Å². The fraction of sp³-hybridized carbons (Fsp3) is 0.895. The van der Waals surface area contributed by atoms with E-state index in [4.69, 9.17) is 5.11 Å². The molecular formula is C19H32N4O3. The molecule has 3 heterocycles. The van der Waals surface area contributed by atoms with Gasteiger partial charge in [0.1, 0.15) is 0 Å². The molecule has 4 aliphatic rings. The maximum atomic E-state index is 12.6. The summed E-state index contributed by atoms with van der Waals surface area (Å²) in [7, 11) is 0. The van der Waals surface area contributed by atoms with Crippen LogP contribution in [0.4, 0.5) is 9.59 Å². The Kier molecular flexibility index (Phi) is 5.25. The van der Waals surface area contributed by atoms with Crippen molar-refractivity contribution in [1.29, 1.82) is 0 Å². The smallest absolute Gasteiger partial charge is 0.407 e. The van der Waals surface area contributed by atoms with E-state index in [-0.39, 0.29) is 6.03 Å². The summed E-state index contributed by atoms with van der Waals surface area (Å²) >= 11 is 0. The van der Waals surface area contributed by atoms with E-state index in [1.807, 2.05) is 0 Å². The molecule has 0 bridgehead atoms. The summed E-state index contributed by atoms with van der Waals surface area (Å²) in [6.45, 7) is 4.23. The quantitative estimate of drug-likeness (QED) is 0.787. The Morgan fingerprint density at radius 1 is 0.923 bits per heavy atom. The molecule has 7 nitrogen and oxygen atoms in total. The second kappa shape index (κ2) is 7.62. The Balaban J connectivity index is 1.32. The van der Waals surface area contributed by atoms with Gasteiger partial charge in [0.15, 0.2) is 0 Å². The SMILES string of the molecule is O=C(O)N1CCC(N2CCC(N3C(=O)NC[C@H]4CCCC[C@@H]43)CC2)CC1. The minimum atomic E-state index is -0.791. The van der Waals surface area contributed by atoms with Crippen LogP contribution in [-0.4, -0.2) is 82.8 Å². The first kappa shape index (κ1) is 17.9. The molecule has 3 amide bonds. The molecule has 1 aliphatic carbocycles. The maximum Gasteiger partial charge on any atom is 0.407 e. The van der Waals surface area contributed by atoms with Gasteiger partial charge in [-0.2, -0.15) is 0 Å². The second-order valence-corrected chi connectivity index (χ2v) is 8.47. The highest BCUT2D eigenvalue weighted by Crippen LogP contribution is 2.34. The first-order valence-corrected chi connectivity index (χ1v) is 10.4. The highest BCUT2D eigenvalue weighted by atomic mass is 16.4. The maximum absolute atomic E-state index is 12.6. The largest absolute Gasteiger partial charge is 0.465 e. The van der Waals surface area contributed by atoms with Gasteiger partial charge in [0.05, 0.1) is 0 Å². The van der Waals surface area contributed by atoms with E-state index in [1.165, 1.54) is 30.6 Å². The molecule has 3 saturated heterocycles. The molecule has 3 aliphatic heterocycles. The van der Waals surface area contributed by atoms with Crippen molar-refractivity contribution in [3.8, 4) is 0 Å². The molecule has 0 spiro atoms. The molecule has 2 atom stereocenters. The van der Waals surface area contributed by atoms with E-state index < -0.39 is 6.09 Å². The van der Waals surface area contributed by atoms with Gasteiger partial charge < -0.3 is 25.1 Å². The van der Waals surface area contributed by atoms with Gasteiger partial charge in [-0.1, -0.05) is 12.8 Å². The lowest BCUT2D eigenvalue weighted by molar-refractivity contribution is 0.0236. The molecule has 0 aromatic carbocycles. The van der Waals surface area contributed by atoms with Crippen LogP contribution in [0.1, 0.15) is 51.4 Å². The average molecular weight is 364 g/mol. The number of carbonyl (C=O) groups excluding carboxylic acids is 1. The monoisotopic (exact) mass is 364 g/mol. The summed E-state index contributed by atoms with van der Waals surface area (Å²) in [6.07, 6.45) is 8.17. The van der Waals surface area contributed by atoms with Crippen LogP contribution < -0.4 is 5.32 Å². The molecule has 146 valence electrons. The number of hydrogen-bond donors (Lipinski definition) is 2. The zero-order chi connectivity index (χ0) is 18.1. The number of piperidine rings is 2. The van der Waals surface area contributed by atoms with Crippen LogP contribution in [0, 0.1) is 5.92 Å². The van der Waals surface area contributed by atoms with Crippen molar-refractivity contribution in [2.45, 2.75) is 69.5 Å². The fourth-order valence-electron chi connectivity index (χ4n) is 5.64. The molecular weight excluding hydrogens is 332 g/mol. The summed E-state index contributed by atoms with van der Waals surface area (Å²) in [4.78, 5) is 29.9. The first-order chi connectivity index (χ1) is 12.6. The predicted molar refractivity (Wildman–Crippen MR) is 98.2 cm³/mol. The van der Waals surface area contributed by atoms with Crippen molar-refractivity contribution in [3.05, 3.63) is 0 Å². The number of hydrogen-bond acceptors (Lipinski definition) is 3. The molecule has 4 rings (SSSR count).